The van der Waals surface area contributed by atoms with Gasteiger partial charge in [0, 0.05) is 12.8 Å². The molecule has 0 saturated heterocycles. The monoisotopic (exact) mass is 641 g/mol. The number of ether oxygens (including phenoxy) is 2. The molecule has 0 aromatic carbocycles. The first-order valence-corrected chi connectivity index (χ1v) is 18.5. The zero-order chi connectivity index (χ0) is 33.6. The SMILES string of the molecule is CC/C=C/C/C=C/C/C=C/C/C=C/C/C=C/CCCC(=O)O[C@@H](CO)COC(=O)CCCCCCCCC/C=C/CCCCCC. The number of rotatable bonds is 32. The summed E-state index contributed by atoms with van der Waals surface area (Å²) < 4.78 is 10.5. The van der Waals surface area contributed by atoms with Gasteiger partial charge >= 0.3 is 11.9 Å². The Kier molecular flexibility index (Phi) is 34.7. The van der Waals surface area contributed by atoms with E-state index in [1.807, 2.05) is 0 Å². The molecule has 5 nitrogen and oxygen atoms in total. The summed E-state index contributed by atoms with van der Waals surface area (Å²) in [5.74, 6) is -0.671. The van der Waals surface area contributed by atoms with Gasteiger partial charge in [0.25, 0.3) is 0 Å². The molecule has 0 aliphatic carbocycles. The van der Waals surface area contributed by atoms with Crippen molar-refractivity contribution in [3.05, 3.63) is 72.9 Å². The van der Waals surface area contributed by atoms with Crippen LogP contribution < -0.4 is 0 Å². The number of carbonyl (C=O) groups excluding carboxylic acids is 2. The largest absolute Gasteiger partial charge is 0.462 e. The van der Waals surface area contributed by atoms with Crippen LogP contribution in [0.5, 0.6) is 0 Å². The third kappa shape index (κ3) is 34.2. The van der Waals surface area contributed by atoms with Crippen molar-refractivity contribution in [1.29, 1.82) is 0 Å². The molecule has 1 atom stereocenters. The number of hydrogen-bond acceptors (Lipinski definition) is 5. The van der Waals surface area contributed by atoms with Crippen LogP contribution >= 0.6 is 0 Å². The summed E-state index contributed by atoms with van der Waals surface area (Å²) in [5.41, 5.74) is 0. The van der Waals surface area contributed by atoms with E-state index in [0.717, 1.165) is 57.8 Å². The Morgan fingerprint density at radius 1 is 0.522 bits per heavy atom. The molecule has 0 unspecified atom stereocenters. The summed E-state index contributed by atoms with van der Waals surface area (Å²) in [4.78, 5) is 24.2. The number of esters is 2. The maximum absolute atomic E-state index is 12.1. The highest BCUT2D eigenvalue weighted by molar-refractivity contribution is 5.70. The first-order valence-electron chi connectivity index (χ1n) is 18.5. The van der Waals surface area contributed by atoms with Crippen molar-refractivity contribution >= 4 is 11.9 Å². The molecule has 0 saturated carbocycles. The summed E-state index contributed by atoms with van der Waals surface area (Å²) in [7, 11) is 0. The summed E-state index contributed by atoms with van der Waals surface area (Å²) in [6, 6.07) is 0. The standard InChI is InChI=1S/C41H68O5/c1-3-5-7-9-11-13-15-17-19-20-22-24-26-28-30-32-34-36-41(44)46-39(37-42)38-45-40(43)35-33-31-29-27-25-23-21-18-16-14-12-10-8-6-4-2/h5,7,11,13-14,16-17,19,22,24,28,30,39,42H,3-4,6,8-10,12,15,18,20-21,23,25-27,29,31-38H2,1-2H3/b7-5+,13-11+,16-14+,19-17+,24-22+,30-28+/t39-/m0/s1. The predicted octanol–water partition coefficient (Wildman–Crippen LogP) is 11.4. The molecule has 262 valence electrons. The van der Waals surface area contributed by atoms with Gasteiger partial charge in [0.2, 0.25) is 0 Å². The van der Waals surface area contributed by atoms with Gasteiger partial charge in [-0.25, -0.2) is 0 Å². The van der Waals surface area contributed by atoms with E-state index < -0.39 is 6.10 Å². The first-order chi connectivity index (χ1) is 22.6. The Morgan fingerprint density at radius 2 is 0.957 bits per heavy atom. The van der Waals surface area contributed by atoms with Crippen molar-refractivity contribution in [1.82, 2.24) is 0 Å². The second kappa shape index (κ2) is 36.8. The molecular weight excluding hydrogens is 572 g/mol. The Balaban J connectivity index is 3.70. The summed E-state index contributed by atoms with van der Waals surface area (Å²) in [6.07, 6.45) is 48.2. The van der Waals surface area contributed by atoms with E-state index in [1.165, 1.54) is 64.2 Å². The number of aliphatic hydroxyl groups excluding tert-OH is 1. The van der Waals surface area contributed by atoms with Gasteiger partial charge in [-0.15, -0.1) is 0 Å². The van der Waals surface area contributed by atoms with Crippen LogP contribution in [0.2, 0.25) is 0 Å². The number of allylic oxidation sites excluding steroid dienone is 12. The Bertz CT molecular complexity index is 864. The summed E-state index contributed by atoms with van der Waals surface area (Å²) >= 11 is 0. The molecule has 0 aliphatic heterocycles. The molecule has 0 spiro atoms. The van der Waals surface area contributed by atoms with Crippen LogP contribution in [0.4, 0.5) is 0 Å². The second-order valence-corrected chi connectivity index (χ2v) is 11.9. The fourth-order valence-electron chi connectivity index (χ4n) is 4.70. The highest BCUT2D eigenvalue weighted by Crippen LogP contribution is 2.11. The Labute approximate surface area is 283 Å². The van der Waals surface area contributed by atoms with Crippen LogP contribution in [0, 0.1) is 0 Å². The lowest BCUT2D eigenvalue weighted by Crippen LogP contribution is -2.28. The van der Waals surface area contributed by atoms with Gasteiger partial charge in [-0.3, -0.25) is 9.59 Å². The molecular formula is C41H68O5. The molecule has 5 heteroatoms. The van der Waals surface area contributed by atoms with Crippen molar-refractivity contribution in [3.63, 3.8) is 0 Å². The van der Waals surface area contributed by atoms with E-state index in [4.69, 9.17) is 9.47 Å². The summed E-state index contributed by atoms with van der Waals surface area (Å²) in [5, 5.41) is 9.53. The first kappa shape index (κ1) is 43.3. The molecule has 46 heavy (non-hydrogen) atoms. The zero-order valence-electron chi connectivity index (χ0n) is 29.6. The van der Waals surface area contributed by atoms with Gasteiger partial charge in [-0.1, -0.05) is 138 Å². The van der Waals surface area contributed by atoms with E-state index in [0.29, 0.717) is 12.8 Å². The Hall–Kier alpha value is -2.66. The number of unbranched alkanes of at least 4 members (excludes halogenated alkanes) is 12. The highest BCUT2D eigenvalue weighted by atomic mass is 16.6. The fraction of sp³-hybridized carbons (Fsp3) is 0.659. The topological polar surface area (TPSA) is 72.8 Å². The van der Waals surface area contributed by atoms with E-state index in [1.54, 1.807) is 0 Å². The lowest BCUT2D eigenvalue weighted by atomic mass is 10.1. The molecule has 0 fully saturated rings. The lowest BCUT2D eigenvalue weighted by Gasteiger charge is -2.15. The smallest absolute Gasteiger partial charge is 0.306 e. The van der Waals surface area contributed by atoms with Crippen LogP contribution in [-0.4, -0.2) is 36.4 Å². The van der Waals surface area contributed by atoms with Crippen LogP contribution in [0.15, 0.2) is 72.9 Å². The number of hydrogen-bond donors (Lipinski definition) is 1. The molecule has 0 aliphatic rings. The quantitative estimate of drug-likeness (QED) is 0.0450. The van der Waals surface area contributed by atoms with Crippen molar-refractivity contribution in [2.75, 3.05) is 13.2 Å². The van der Waals surface area contributed by atoms with Gasteiger partial charge in [-0.2, -0.15) is 0 Å². The zero-order valence-corrected chi connectivity index (χ0v) is 29.6. The van der Waals surface area contributed by atoms with Crippen molar-refractivity contribution in [2.45, 2.75) is 161 Å². The number of carbonyl (C=O) groups is 2. The molecule has 0 amide bonds. The molecule has 0 aromatic rings. The average molecular weight is 641 g/mol. The highest BCUT2D eigenvalue weighted by Gasteiger charge is 2.15. The Morgan fingerprint density at radius 3 is 1.50 bits per heavy atom. The van der Waals surface area contributed by atoms with Gasteiger partial charge in [0.1, 0.15) is 6.61 Å². The molecule has 0 heterocycles. The maximum Gasteiger partial charge on any atom is 0.306 e. The van der Waals surface area contributed by atoms with Crippen LogP contribution in [-0.2, 0) is 19.1 Å². The normalized spacial score (nSPS) is 13.0. The third-order valence-corrected chi connectivity index (χ3v) is 7.48. The fourth-order valence-corrected chi connectivity index (χ4v) is 4.70. The minimum atomic E-state index is -0.805. The van der Waals surface area contributed by atoms with Gasteiger partial charge < -0.3 is 14.6 Å². The third-order valence-electron chi connectivity index (χ3n) is 7.48. The molecule has 0 rings (SSSR count). The van der Waals surface area contributed by atoms with Gasteiger partial charge in [-0.05, 0) is 77.0 Å². The van der Waals surface area contributed by atoms with Crippen LogP contribution in [0.25, 0.3) is 0 Å². The van der Waals surface area contributed by atoms with Crippen LogP contribution in [0.1, 0.15) is 155 Å². The summed E-state index contributed by atoms with van der Waals surface area (Å²) in [6.45, 7) is 3.94. The predicted molar refractivity (Wildman–Crippen MR) is 196 cm³/mol. The molecule has 0 aromatic heterocycles. The second-order valence-electron chi connectivity index (χ2n) is 11.9. The van der Waals surface area contributed by atoms with Crippen molar-refractivity contribution in [3.8, 4) is 0 Å². The average Bonchev–Trinajstić information content (AvgIpc) is 3.06. The van der Waals surface area contributed by atoms with E-state index in [9.17, 15) is 14.7 Å². The van der Waals surface area contributed by atoms with Crippen molar-refractivity contribution < 1.29 is 24.2 Å². The van der Waals surface area contributed by atoms with Crippen molar-refractivity contribution in [2.24, 2.45) is 0 Å². The minimum Gasteiger partial charge on any atom is -0.462 e. The molecule has 0 radical (unpaired) electrons. The lowest BCUT2D eigenvalue weighted by molar-refractivity contribution is -0.161. The van der Waals surface area contributed by atoms with Gasteiger partial charge in [0.05, 0.1) is 6.61 Å². The molecule has 1 N–H and O–H groups in total. The maximum atomic E-state index is 12.1. The van der Waals surface area contributed by atoms with E-state index in [-0.39, 0.29) is 31.6 Å². The van der Waals surface area contributed by atoms with Crippen LogP contribution in [0.3, 0.4) is 0 Å². The molecule has 0 bridgehead atoms. The minimum absolute atomic E-state index is 0.0942. The van der Waals surface area contributed by atoms with Gasteiger partial charge in [0.15, 0.2) is 6.10 Å². The number of aliphatic hydroxyl groups is 1. The van der Waals surface area contributed by atoms with E-state index in [2.05, 4.69) is 86.8 Å². The van der Waals surface area contributed by atoms with E-state index >= 15 is 0 Å².